The standard InChI is InChI=1S/C20H23N3OS2/c1-4-21-20(25)23(12-17-6-5-7-26-17)11-16-10-15-9-13(2)8-14(3)18(15)22-19(16)24/h5-10H,4,11-12H2,1-3H3,(H,21,25)(H,22,24). The van der Waals surface area contributed by atoms with E-state index in [9.17, 15) is 4.79 Å². The van der Waals surface area contributed by atoms with Gasteiger partial charge in [-0.15, -0.1) is 11.3 Å². The quantitative estimate of drug-likeness (QED) is 0.649. The molecule has 3 aromatic rings. The number of aromatic nitrogens is 1. The van der Waals surface area contributed by atoms with Gasteiger partial charge in [0, 0.05) is 17.0 Å². The van der Waals surface area contributed by atoms with E-state index in [1.54, 1.807) is 11.3 Å². The van der Waals surface area contributed by atoms with Gasteiger partial charge in [0.25, 0.3) is 5.56 Å². The second-order valence-corrected chi connectivity index (χ2v) is 7.86. The molecule has 2 aromatic heterocycles. The van der Waals surface area contributed by atoms with E-state index in [-0.39, 0.29) is 5.56 Å². The van der Waals surface area contributed by atoms with Crippen LogP contribution in [0.2, 0.25) is 0 Å². The molecule has 0 amide bonds. The van der Waals surface area contributed by atoms with E-state index in [1.165, 1.54) is 10.4 Å². The number of hydrogen-bond acceptors (Lipinski definition) is 3. The Bertz CT molecular complexity index is 977. The molecule has 0 aliphatic carbocycles. The fourth-order valence-electron chi connectivity index (χ4n) is 3.11. The van der Waals surface area contributed by atoms with Gasteiger partial charge >= 0.3 is 0 Å². The van der Waals surface area contributed by atoms with Gasteiger partial charge in [-0.2, -0.15) is 0 Å². The van der Waals surface area contributed by atoms with Crippen molar-refractivity contribution in [1.29, 1.82) is 0 Å². The van der Waals surface area contributed by atoms with E-state index in [4.69, 9.17) is 12.2 Å². The topological polar surface area (TPSA) is 48.1 Å². The van der Waals surface area contributed by atoms with Crippen LogP contribution in [0.5, 0.6) is 0 Å². The average Bonchev–Trinajstić information content (AvgIpc) is 3.09. The zero-order valence-corrected chi connectivity index (χ0v) is 16.9. The fraction of sp³-hybridized carbons (Fsp3) is 0.300. The molecule has 0 unspecified atom stereocenters. The monoisotopic (exact) mass is 385 g/mol. The van der Waals surface area contributed by atoms with Gasteiger partial charge in [0.15, 0.2) is 5.11 Å². The van der Waals surface area contributed by atoms with E-state index in [1.807, 2.05) is 30.9 Å². The summed E-state index contributed by atoms with van der Waals surface area (Å²) in [7, 11) is 0. The molecule has 2 N–H and O–H groups in total. The number of rotatable bonds is 5. The number of thiocarbonyl (C=S) groups is 1. The molecule has 0 spiro atoms. The lowest BCUT2D eigenvalue weighted by Gasteiger charge is -2.25. The molecule has 0 radical (unpaired) electrons. The van der Waals surface area contributed by atoms with Crippen molar-refractivity contribution in [3.8, 4) is 0 Å². The van der Waals surface area contributed by atoms with Gasteiger partial charge in [0.1, 0.15) is 0 Å². The smallest absolute Gasteiger partial charge is 0.253 e. The summed E-state index contributed by atoms with van der Waals surface area (Å²) in [4.78, 5) is 19.0. The van der Waals surface area contributed by atoms with Crippen molar-refractivity contribution in [2.24, 2.45) is 0 Å². The molecular formula is C20H23N3OS2. The molecule has 136 valence electrons. The molecular weight excluding hydrogens is 362 g/mol. The first-order valence-corrected chi connectivity index (χ1v) is 9.95. The number of thiophene rings is 1. The number of pyridine rings is 1. The minimum Gasteiger partial charge on any atom is -0.363 e. The Kier molecular flexibility index (Phi) is 5.74. The fourth-order valence-corrected chi connectivity index (χ4v) is 4.10. The first kappa shape index (κ1) is 18.6. The van der Waals surface area contributed by atoms with Crippen molar-refractivity contribution in [3.63, 3.8) is 0 Å². The lowest BCUT2D eigenvalue weighted by Crippen LogP contribution is -2.39. The van der Waals surface area contributed by atoms with Crippen molar-refractivity contribution < 1.29 is 0 Å². The molecule has 0 bridgehead atoms. The molecule has 4 nitrogen and oxygen atoms in total. The van der Waals surface area contributed by atoms with Crippen molar-refractivity contribution in [2.45, 2.75) is 33.9 Å². The third-order valence-electron chi connectivity index (χ3n) is 4.27. The molecule has 0 fully saturated rings. The summed E-state index contributed by atoms with van der Waals surface area (Å²) in [6.45, 7) is 8.03. The number of hydrogen-bond donors (Lipinski definition) is 2. The number of H-pyrrole nitrogens is 1. The van der Waals surface area contributed by atoms with Gasteiger partial charge in [-0.25, -0.2) is 0 Å². The highest BCUT2D eigenvalue weighted by atomic mass is 32.1. The molecule has 0 atom stereocenters. The molecule has 1 aromatic carbocycles. The first-order valence-electron chi connectivity index (χ1n) is 8.66. The Morgan fingerprint density at radius 3 is 2.77 bits per heavy atom. The Morgan fingerprint density at radius 1 is 1.27 bits per heavy atom. The Labute approximate surface area is 162 Å². The maximum atomic E-state index is 12.6. The molecule has 0 aliphatic rings. The van der Waals surface area contributed by atoms with E-state index in [0.29, 0.717) is 18.2 Å². The van der Waals surface area contributed by atoms with E-state index in [0.717, 1.165) is 28.6 Å². The van der Waals surface area contributed by atoms with Crippen LogP contribution in [0.4, 0.5) is 0 Å². The summed E-state index contributed by atoms with van der Waals surface area (Å²) >= 11 is 7.23. The van der Waals surface area contributed by atoms with Crippen LogP contribution >= 0.6 is 23.6 Å². The molecule has 6 heteroatoms. The van der Waals surface area contributed by atoms with Gasteiger partial charge in [0.05, 0.1) is 18.6 Å². The van der Waals surface area contributed by atoms with Crippen LogP contribution in [0, 0.1) is 13.8 Å². The second kappa shape index (κ2) is 8.01. The van der Waals surface area contributed by atoms with Crippen molar-refractivity contribution >= 4 is 39.6 Å². The normalized spacial score (nSPS) is 10.9. The van der Waals surface area contributed by atoms with Crippen LogP contribution < -0.4 is 10.9 Å². The highest BCUT2D eigenvalue weighted by molar-refractivity contribution is 7.80. The van der Waals surface area contributed by atoms with Crippen LogP contribution in [0.1, 0.15) is 28.5 Å². The summed E-state index contributed by atoms with van der Waals surface area (Å²) in [6.07, 6.45) is 0. The Hall–Kier alpha value is -2.18. The molecule has 3 rings (SSSR count). The zero-order valence-electron chi connectivity index (χ0n) is 15.3. The summed E-state index contributed by atoms with van der Waals surface area (Å²) in [5, 5.41) is 6.98. The van der Waals surface area contributed by atoms with Crippen molar-refractivity contribution in [2.75, 3.05) is 6.54 Å². The highest BCUT2D eigenvalue weighted by Gasteiger charge is 2.14. The minimum absolute atomic E-state index is 0.0556. The number of aryl methyl sites for hydroxylation is 2. The Morgan fingerprint density at radius 2 is 2.08 bits per heavy atom. The highest BCUT2D eigenvalue weighted by Crippen LogP contribution is 2.19. The van der Waals surface area contributed by atoms with E-state index in [2.05, 4.69) is 40.8 Å². The third kappa shape index (κ3) is 4.14. The molecule has 26 heavy (non-hydrogen) atoms. The minimum atomic E-state index is -0.0556. The number of nitrogens with one attached hydrogen (secondary N) is 2. The average molecular weight is 386 g/mol. The van der Waals surface area contributed by atoms with Crippen molar-refractivity contribution in [3.05, 3.63) is 67.6 Å². The van der Waals surface area contributed by atoms with Gasteiger partial charge in [0.2, 0.25) is 0 Å². The predicted molar refractivity (Wildman–Crippen MR) is 114 cm³/mol. The number of fused-ring (bicyclic) bond motifs is 1. The van der Waals surface area contributed by atoms with Crippen LogP contribution in [-0.4, -0.2) is 21.5 Å². The lowest BCUT2D eigenvalue weighted by molar-refractivity contribution is 0.402. The largest absolute Gasteiger partial charge is 0.363 e. The number of nitrogens with zero attached hydrogens (tertiary/aromatic N) is 1. The van der Waals surface area contributed by atoms with Crippen LogP contribution in [0.25, 0.3) is 10.9 Å². The lowest BCUT2D eigenvalue weighted by atomic mass is 10.1. The molecule has 2 heterocycles. The van der Waals surface area contributed by atoms with Crippen LogP contribution in [0.15, 0.2) is 40.5 Å². The first-order chi connectivity index (χ1) is 12.5. The predicted octanol–water partition coefficient (Wildman–Crippen LogP) is 4.10. The maximum Gasteiger partial charge on any atom is 0.253 e. The third-order valence-corrected chi connectivity index (χ3v) is 5.54. The number of aromatic amines is 1. The maximum absolute atomic E-state index is 12.6. The van der Waals surface area contributed by atoms with E-state index < -0.39 is 0 Å². The van der Waals surface area contributed by atoms with E-state index >= 15 is 0 Å². The number of benzene rings is 1. The van der Waals surface area contributed by atoms with Gasteiger partial charge in [-0.05, 0) is 67.5 Å². The summed E-state index contributed by atoms with van der Waals surface area (Å²) in [5.74, 6) is 0. The molecule has 0 saturated heterocycles. The second-order valence-electron chi connectivity index (χ2n) is 6.44. The van der Waals surface area contributed by atoms with Crippen LogP contribution in [-0.2, 0) is 13.1 Å². The zero-order chi connectivity index (χ0) is 18.7. The SMILES string of the molecule is CCNC(=S)N(Cc1cccs1)Cc1cc2cc(C)cc(C)c2[nH]c1=O. The molecule has 0 saturated carbocycles. The van der Waals surface area contributed by atoms with Gasteiger partial charge in [-0.3, -0.25) is 4.79 Å². The van der Waals surface area contributed by atoms with Crippen LogP contribution in [0.3, 0.4) is 0 Å². The summed E-state index contributed by atoms with van der Waals surface area (Å²) < 4.78 is 0. The summed E-state index contributed by atoms with van der Waals surface area (Å²) in [5.41, 5.74) is 3.84. The van der Waals surface area contributed by atoms with Gasteiger partial charge < -0.3 is 15.2 Å². The van der Waals surface area contributed by atoms with Crippen molar-refractivity contribution in [1.82, 2.24) is 15.2 Å². The van der Waals surface area contributed by atoms with Gasteiger partial charge in [-0.1, -0.05) is 17.7 Å². The summed E-state index contributed by atoms with van der Waals surface area (Å²) in [6, 6.07) is 10.3. The molecule has 0 aliphatic heterocycles. The Balaban J connectivity index is 1.96.